The van der Waals surface area contributed by atoms with Crippen molar-refractivity contribution in [3.05, 3.63) is 70.8 Å². The van der Waals surface area contributed by atoms with Crippen LogP contribution in [0.3, 0.4) is 0 Å². The average Bonchev–Trinajstić information content (AvgIpc) is 2.97. The van der Waals surface area contributed by atoms with Crippen LogP contribution in [0.1, 0.15) is 46.8 Å². The average molecular weight is 386 g/mol. The van der Waals surface area contributed by atoms with Crippen LogP contribution >= 0.6 is 0 Å². The fourth-order valence-electron chi connectivity index (χ4n) is 4.10. The van der Waals surface area contributed by atoms with Gasteiger partial charge in [-0.3, -0.25) is 9.59 Å². The standard InChI is InChI=1S/C25H26N2O2/c1-4-5-13-27-22-12-11-21(19-7-6-8-20(24(19)22)25(27)29)26-23(28)15-18-10-9-16(2)14-17(18)3/h6-12,14H,4-5,13,15H2,1-3H3,(H,26,28). The van der Waals surface area contributed by atoms with Crippen molar-refractivity contribution in [3.8, 4) is 0 Å². The van der Waals surface area contributed by atoms with E-state index in [9.17, 15) is 9.59 Å². The lowest BCUT2D eigenvalue weighted by atomic mass is 10.0. The van der Waals surface area contributed by atoms with E-state index in [4.69, 9.17) is 0 Å². The number of rotatable bonds is 6. The molecule has 0 unspecified atom stereocenters. The zero-order chi connectivity index (χ0) is 20.5. The van der Waals surface area contributed by atoms with Gasteiger partial charge in [0, 0.05) is 28.6 Å². The van der Waals surface area contributed by atoms with E-state index in [-0.39, 0.29) is 11.8 Å². The zero-order valence-corrected chi connectivity index (χ0v) is 17.2. The van der Waals surface area contributed by atoms with Gasteiger partial charge in [-0.1, -0.05) is 49.2 Å². The molecule has 4 nitrogen and oxygen atoms in total. The van der Waals surface area contributed by atoms with Gasteiger partial charge in [-0.25, -0.2) is 0 Å². The third kappa shape index (κ3) is 3.51. The minimum Gasteiger partial charge on any atom is -0.325 e. The first-order valence-electron chi connectivity index (χ1n) is 10.2. The SMILES string of the molecule is CCCCN1C(=O)c2cccc3c(NC(=O)Cc4ccc(C)cc4C)ccc1c23. The highest BCUT2D eigenvalue weighted by molar-refractivity contribution is 6.27. The lowest BCUT2D eigenvalue weighted by molar-refractivity contribution is -0.115. The molecule has 0 aliphatic carbocycles. The highest BCUT2D eigenvalue weighted by atomic mass is 16.2. The van der Waals surface area contributed by atoms with Crippen LogP contribution in [0.5, 0.6) is 0 Å². The smallest absolute Gasteiger partial charge is 0.258 e. The van der Waals surface area contributed by atoms with Crippen LogP contribution in [0.15, 0.2) is 48.5 Å². The molecule has 3 aromatic rings. The number of hydrogen-bond donors (Lipinski definition) is 1. The van der Waals surface area contributed by atoms with Crippen LogP contribution < -0.4 is 10.2 Å². The van der Waals surface area contributed by atoms with E-state index in [1.165, 1.54) is 5.56 Å². The molecule has 148 valence electrons. The summed E-state index contributed by atoms with van der Waals surface area (Å²) < 4.78 is 0. The Hall–Kier alpha value is -3.14. The highest BCUT2D eigenvalue weighted by Gasteiger charge is 2.30. The predicted octanol–water partition coefficient (Wildman–Crippen LogP) is 5.40. The molecule has 1 heterocycles. The van der Waals surface area contributed by atoms with Gasteiger partial charge in [-0.2, -0.15) is 0 Å². The summed E-state index contributed by atoms with van der Waals surface area (Å²) in [4.78, 5) is 27.5. The summed E-state index contributed by atoms with van der Waals surface area (Å²) in [6, 6.07) is 15.8. The van der Waals surface area contributed by atoms with Crippen molar-refractivity contribution in [1.29, 1.82) is 0 Å². The number of unbranched alkanes of at least 4 members (excludes halogenated alkanes) is 1. The van der Waals surface area contributed by atoms with Crippen LogP contribution in [0.25, 0.3) is 10.8 Å². The van der Waals surface area contributed by atoms with Crippen molar-refractivity contribution in [1.82, 2.24) is 0 Å². The number of benzene rings is 3. The van der Waals surface area contributed by atoms with Crippen molar-refractivity contribution in [2.45, 2.75) is 40.0 Å². The van der Waals surface area contributed by atoms with Gasteiger partial charge in [0.15, 0.2) is 0 Å². The first kappa shape index (κ1) is 19.2. The second-order valence-corrected chi connectivity index (χ2v) is 7.83. The van der Waals surface area contributed by atoms with Crippen LogP contribution in [0.4, 0.5) is 11.4 Å². The molecular weight excluding hydrogens is 360 g/mol. The van der Waals surface area contributed by atoms with E-state index in [1.54, 1.807) is 0 Å². The predicted molar refractivity (Wildman–Crippen MR) is 119 cm³/mol. The maximum atomic E-state index is 12.9. The highest BCUT2D eigenvalue weighted by Crippen LogP contribution is 2.40. The van der Waals surface area contributed by atoms with Gasteiger partial charge in [0.25, 0.3) is 5.91 Å². The van der Waals surface area contributed by atoms with E-state index in [1.807, 2.05) is 54.3 Å². The molecule has 0 bridgehead atoms. The third-order valence-electron chi connectivity index (χ3n) is 5.64. The zero-order valence-electron chi connectivity index (χ0n) is 17.2. The van der Waals surface area contributed by atoms with E-state index < -0.39 is 0 Å². The molecular formula is C25H26N2O2. The fraction of sp³-hybridized carbons (Fsp3) is 0.280. The van der Waals surface area contributed by atoms with Crippen LogP contribution in [-0.2, 0) is 11.2 Å². The molecule has 3 aromatic carbocycles. The summed E-state index contributed by atoms with van der Waals surface area (Å²) in [5, 5.41) is 4.92. The van der Waals surface area contributed by atoms with Crippen molar-refractivity contribution >= 4 is 34.0 Å². The topological polar surface area (TPSA) is 49.4 Å². The maximum Gasteiger partial charge on any atom is 0.258 e. The number of carbonyl (C=O) groups is 2. The minimum absolute atomic E-state index is 0.0511. The number of amides is 2. The molecule has 0 fully saturated rings. The van der Waals surface area contributed by atoms with Crippen molar-refractivity contribution in [2.24, 2.45) is 0 Å². The molecule has 4 heteroatoms. The fourth-order valence-corrected chi connectivity index (χ4v) is 4.10. The largest absolute Gasteiger partial charge is 0.325 e. The molecule has 1 aliphatic rings. The molecule has 0 aromatic heterocycles. The van der Waals surface area contributed by atoms with Crippen molar-refractivity contribution < 1.29 is 9.59 Å². The maximum absolute atomic E-state index is 12.9. The molecule has 0 radical (unpaired) electrons. The molecule has 0 spiro atoms. The summed E-state index contributed by atoms with van der Waals surface area (Å²) >= 11 is 0. The van der Waals surface area contributed by atoms with Gasteiger partial charge in [-0.05, 0) is 49.6 Å². The van der Waals surface area contributed by atoms with Crippen molar-refractivity contribution in [2.75, 3.05) is 16.8 Å². The molecule has 1 N–H and O–H groups in total. The molecule has 1 aliphatic heterocycles. The monoisotopic (exact) mass is 386 g/mol. The molecule has 2 amide bonds. The Bertz CT molecular complexity index is 1120. The molecule has 0 saturated carbocycles. The van der Waals surface area contributed by atoms with Gasteiger partial charge < -0.3 is 10.2 Å². The number of hydrogen-bond acceptors (Lipinski definition) is 2. The second kappa shape index (κ2) is 7.70. The van der Waals surface area contributed by atoms with Gasteiger partial charge in [0.2, 0.25) is 5.91 Å². The summed E-state index contributed by atoms with van der Waals surface area (Å²) in [7, 11) is 0. The van der Waals surface area contributed by atoms with Gasteiger partial charge >= 0.3 is 0 Å². The van der Waals surface area contributed by atoms with Gasteiger partial charge in [0.1, 0.15) is 0 Å². The Balaban J connectivity index is 1.64. The van der Waals surface area contributed by atoms with Crippen molar-refractivity contribution in [3.63, 3.8) is 0 Å². The van der Waals surface area contributed by atoms with Crippen LogP contribution in [-0.4, -0.2) is 18.4 Å². The van der Waals surface area contributed by atoms with Gasteiger partial charge in [-0.15, -0.1) is 0 Å². The molecule has 29 heavy (non-hydrogen) atoms. The first-order valence-corrected chi connectivity index (χ1v) is 10.2. The molecule has 0 saturated heterocycles. The Kier molecular flexibility index (Phi) is 5.10. The van der Waals surface area contributed by atoms with E-state index in [0.29, 0.717) is 6.42 Å². The lowest BCUT2D eigenvalue weighted by Crippen LogP contribution is -2.27. The number of nitrogens with zero attached hydrogens (tertiary/aromatic N) is 1. The Morgan fingerprint density at radius 3 is 2.66 bits per heavy atom. The first-order chi connectivity index (χ1) is 14.0. The Morgan fingerprint density at radius 2 is 1.90 bits per heavy atom. The number of aryl methyl sites for hydroxylation is 2. The number of anilines is 2. The molecule has 0 atom stereocenters. The van der Waals surface area contributed by atoms with Crippen LogP contribution in [0.2, 0.25) is 0 Å². The van der Waals surface area contributed by atoms with Gasteiger partial charge in [0.05, 0.1) is 12.1 Å². The lowest BCUT2D eigenvalue weighted by Gasteiger charge is -2.18. The molecule has 4 rings (SSSR count). The summed E-state index contributed by atoms with van der Waals surface area (Å²) in [5.74, 6) is 0.00243. The quantitative estimate of drug-likeness (QED) is 0.617. The normalized spacial score (nSPS) is 12.7. The van der Waals surface area contributed by atoms with E-state index >= 15 is 0 Å². The summed E-state index contributed by atoms with van der Waals surface area (Å²) in [6.07, 6.45) is 2.34. The Labute approximate surface area is 171 Å². The Morgan fingerprint density at radius 1 is 1.07 bits per heavy atom. The third-order valence-corrected chi connectivity index (χ3v) is 5.64. The van der Waals surface area contributed by atoms with E-state index in [0.717, 1.165) is 58.2 Å². The minimum atomic E-state index is -0.0511. The number of carbonyl (C=O) groups excluding carboxylic acids is 2. The van der Waals surface area contributed by atoms with Crippen LogP contribution in [0, 0.1) is 13.8 Å². The second-order valence-electron chi connectivity index (χ2n) is 7.83. The summed E-state index contributed by atoms with van der Waals surface area (Å²) in [6.45, 7) is 6.93. The number of nitrogens with one attached hydrogen (secondary N) is 1. The summed E-state index contributed by atoms with van der Waals surface area (Å²) in [5.41, 5.74) is 5.76. The van der Waals surface area contributed by atoms with E-state index in [2.05, 4.69) is 25.2 Å².